The fraction of sp³-hybridized carbons (Fsp3) is 0.167. The lowest BCUT2D eigenvalue weighted by Crippen LogP contribution is -2.32. The third-order valence-electron chi connectivity index (χ3n) is 5.23. The van der Waals surface area contributed by atoms with Crippen LogP contribution in [-0.4, -0.2) is 23.8 Å². The summed E-state index contributed by atoms with van der Waals surface area (Å²) in [6, 6.07) is 20.0. The zero-order valence-electron chi connectivity index (χ0n) is 16.5. The molecule has 1 heterocycles. The predicted molar refractivity (Wildman–Crippen MR) is 112 cm³/mol. The molecule has 4 rings (SSSR count). The van der Waals surface area contributed by atoms with E-state index in [1.165, 1.54) is 24.3 Å². The Balaban J connectivity index is 1.59. The second kappa shape index (κ2) is 8.37. The number of hydrogen-bond donors (Lipinski definition) is 1. The van der Waals surface area contributed by atoms with Crippen LogP contribution in [0.15, 0.2) is 72.8 Å². The highest BCUT2D eigenvalue weighted by molar-refractivity contribution is 5.99. The van der Waals surface area contributed by atoms with E-state index in [1.807, 2.05) is 42.5 Å². The number of hydrogen-bond acceptors (Lipinski definition) is 3. The minimum Gasteiger partial charge on any atom is -0.497 e. The summed E-state index contributed by atoms with van der Waals surface area (Å²) in [5.41, 5.74) is 2.95. The minimum absolute atomic E-state index is 0.0729. The van der Waals surface area contributed by atoms with Gasteiger partial charge in [0, 0.05) is 17.8 Å². The van der Waals surface area contributed by atoms with Crippen molar-refractivity contribution in [3.63, 3.8) is 0 Å². The monoisotopic (exact) mass is 404 g/mol. The van der Waals surface area contributed by atoms with Gasteiger partial charge in [0.25, 0.3) is 5.91 Å². The molecule has 0 bridgehead atoms. The molecule has 1 aliphatic rings. The number of fused-ring (bicyclic) bond motifs is 1. The molecule has 0 spiro atoms. The molecule has 3 aromatic carbocycles. The Bertz CT molecular complexity index is 1060. The van der Waals surface area contributed by atoms with E-state index in [0.717, 1.165) is 11.1 Å². The molecule has 0 aromatic heterocycles. The lowest BCUT2D eigenvalue weighted by molar-refractivity contribution is -0.117. The number of halogens is 1. The number of rotatable bonds is 6. The Labute approximate surface area is 174 Å². The fourth-order valence-corrected chi connectivity index (χ4v) is 3.68. The van der Waals surface area contributed by atoms with Gasteiger partial charge in [0.2, 0.25) is 5.91 Å². The SMILES string of the molecule is COc1ccc([C@H](CC(=O)Nc2ccc(F)cc2)N2Cc3ccccc3C2=O)cc1. The Morgan fingerprint density at radius 2 is 1.77 bits per heavy atom. The zero-order chi connectivity index (χ0) is 21.1. The Morgan fingerprint density at radius 3 is 2.43 bits per heavy atom. The van der Waals surface area contributed by atoms with Crippen molar-refractivity contribution in [2.75, 3.05) is 12.4 Å². The highest BCUT2D eigenvalue weighted by Gasteiger charge is 2.34. The molecule has 0 aliphatic carbocycles. The molecule has 3 aromatic rings. The third kappa shape index (κ3) is 4.03. The molecule has 0 fully saturated rings. The Hall–Kier alpha value is -3.67. The van der Waals surface area contributed by atoms with Crippen molar-refractivity contribution in [1.29, 1.82) is 0 Å². The number of carbonyl (C=O) groups excluding carboxylic acids is 2. The molecule has 0 radical (unpaired) electrons. The van der Waals surface area contributed by atoms with Crippen LogP contribution in [0.1, 0.15) is 33.9 Å². The summed E-state index contributed by atoms with van der Waals surface area (Å²) in [5, 5.41) is 2.78. The normalized spacial score (nSPS) is 13.7. The fourth-order valence-electron chi connectivity index (χ4n) is 3.68. The zero-order valence-corrected chi connectivity index (χ0v) is 16.5. The van der Waals surface area contributed by atoms with E-state index in [9.17, 15) is 14.0 Å². The number of nitrogens with zero attached hydrogens (tertiary/aromatic N) is 1. The Kier molecular flexibility index (Phi) is 5.48. The third-order valence-corrected chi connectivity index (χ3v) is 5.23. The molecule has 0 saturated carbocycles. The van der Waals surface area contributed by atoms with Gasteiger partial charge in [-0.25, -0.2) is 4.39 Å². The number of ether oxygens (including phenoxy) is 1. The molecule has 0 saturated heterocycles. The number of carbonyl (C=O) groups is 2. The first-order chi connectivity index (χ1) is 14.5. The van der Waals surface area contributed by atoms with Crippen LogP contribution in [-0.2, 0) is 11.3 Å². The molecule has 152 valence electrons. The number of anilines is 1. The number of benzene rings is 3. The minimum atomic E-state index is -0.448. The number of nitrogens with one attached hydrogen (secondary N) is 1. The summed E-state index contributed by atoms with van der Waals surface area (Å²) >= 11 is 0. The van der Waals surface area contributed by atoms with E-state index in [0.29, 0.717) is 23.5 Å². The average Bonchev–Trinajstić information content (AvgIpc) is 3.10. The van der Waals surface area contributed by atoms with E-state index < -0.39 is 6.04 Å². The van der Waals surface area contributed by atoms with Gasteiger partial charge >= 0.3 is 0 Å². The summed E-state index contributed by atoms with van der Waals surface area (Å²) in [7, 11) is 1.59. The van der Waals surface area contributed by atoms with Gasteiger partial charge in [0.15, 0.2) is 0 Å². The molecule has 6 heteroatoms. The van der Waals surface area contributed by atoms with Crippen molar-refractivity contribution >= 4 is 17.5 Å². The van der Waals surface area contributed by atoms with Gasteiger partial charge in [-0.2, -0.15) is 0 Å². The summed E-state index contributed by atoms with van der Waals surface area (Å²) in [4.78, 5) is 27.5. The molecule has 1 atom stereocenters. The number of amides is 2. The first-order valence-electron chi connectivity index (χ1n) is 9.63. The summed E-state index contributed by atoms with van der Waals surface area (Å²) in [6.45, 7) is 0.440. The highest BCUT2D eigenvalue weighted by Crippen LogP contribution is 2.34. The molecule has 5 nitrogen and oxygen atoms in total. The maximum absolute atomic E-state index is 13.1. The van der Waals surface area contributed by atoms with Gasteiger partial charge in [0.05, 0.1) is 19.6 Å². The lowest BCUT2D eigenvalue weighted by Gasteiger charge is -2.28. The Morgan fingerprint density at radius 1 is 1.07 bits per heavy atom. The van der Waals surface area contributed by atoms with Crippen molar-refractivity contribution < 1.29 is 18.7 Å². The van der Waals surface area contributed by atoms with E-state index in [4.69, 9.17) is 4.74 Å². The first kappa shape index (κ1) is 19.6. The molecule has 30 heavy (non-hydrogen) atoms. The van der Waals surface area contributed by atoms with Crippen molar-refractivity contribution in [3.05, 3.63) is 95.3 Å². The molecule has 1 N–H and O–H groups in total. The van der Waals surface area contributed by atoms with E-state index in [1.54, 1.807) is 18.1 Å². The molecule has 1 aliphatic heterocycles. The maximum atomic E-state index is 13.1. The van der Waals surface area contributed by atoms with Gasteiger partial charge in [-0.15, -0.1) is 0 Å². The van der Waals surface area contributed by atoms with Crippen LogP contribution in [0.5, 0.6) is 5.75 Å². The largest absolute Gasteiger partial charge is 0.497 e. The van der Waals surface area contributed by atoms with Crippen molar-refractivity contribution in [1.82, 2.24) is 4.90 Å². The van der Waals surface area contributed by atoms with Crippen molar-refractivity contribution in [2.45, 2.75) is 19.0 Å². The second-order valence-corrected chi connectivity index (χ2v) is 7.14. The van der Waals surface area contributed by atoms with Gasteiger partial charge in [0.1, 0.15) is 11.6 Å². The summed E-state index contributed by atoms with van der Waals surface area (Å²) in [6.07, 6.45) is 0.0729. The van der Waals surface area contributed by atoms with Crippen LogP contribution in [0, 0.1) is 5.82 Å². The van der Waals surface area contributed by atoms with Crippen LogP contribution >= 0.6 is 0 Å². The van der Waals surface area contributed by atoms with Crippen LogP contribution in [0.2, 0.25) is 0 Å². The van der Waals surface area contributed by atoms with Gasteiger partial charge in [-0.3, -0.25) is 9.59 Å². The van der Waals surface area contributed by atoms with Gasteiger partial charge in [-0.1, -0.05) is 30.3 Å². The van der Waals surface area contributed by atoms with E-state index >= 15 is 0 Å². The van der Waals surface area contributed by atoms with Gasteiger partial charge in [-0.05, 0) is 53.6 Å². The molecule has 0 unspecified atom stereocenters. The van der Waals surface area contributed by atoms with E-state index in [2.05, 4.69) is 5.32 Å². The molecular weight excluding hydrogens is 383 g/mol. The molecular formula is C24H21FN2O3. The molecule has 2 amide bonds. The van der Waals surface area contributed by atoms with Gasteiger partial charge < -0.3 is 15.0 Å². The van der Waals surface area contributed by atoms with Crippen molar-refractivity contribution in [2.24, 2.45) is 0 Å². The smallest absolute Gasteiger partial charge is 0.255 e. The van der Waals surface area contributed by atoms with E-state index in [-0.39, 0.29) is 24.1 Å². The summed E-state index contributed by atoms with van der Waals surface area (Å²) in [5.74, 6) is -0.0268. The summed E-state index contributed by atoms with van der Waals surface area (Å²) < 4.78 is 18.4. The van der Waals surface area contributed by atoms with Crippen LogP contribution in [0.25, 0.3) is 0 Å². The predicted octanol–water partition coefficient (Wildman–Crippen LogP) is 4.56. The number of methoxy groups -OCH3 is 1. The second-order valence-electron chi connectivity index (χ2n) is 7.14. The van der Waals surface area contributed by atoms with Crippen molar-refractivity contribution in [3.8, 4) is 5.75 Å². The first-order valence-corrected chi connectivity index (χ1v) is 9.63. The van der Waals surface area contributed by atoms with Crippen LogP contribution in [0.4, 0.5) is 10.1 Å². The van der Waals surface area contributed by atoms with Crippen LogP contribution in [0.3, 0.4) is 0 Å². The average molecular weight is 404 g/mol. The maximum Gasteiger partial charge on any atom is 0.255 e. The topological polar surface area (TPSA) is 58.6 Å². The standard InChI is InChI=1S/C24H21FN2O3/c1-30-20-12-6-16(7-13-20)22(14-23(28)26-19-10-8-18(25)9-11-19)27-15-17-4-2-3-5-21(17)24(27)29/h2-13,22H,14-15H2,1H3,(H,26,28)/t22-/m0/s1. The van der Waals surface area contributed by atoms with Crippen LogP contribution < -0.4 is 10.1 Å². The quantitative estimate of drug-likeness (QED) is 0.655. The highest BCUT2D eigenvalue weighted by atomic mass is 19.1. The lowest BCUT2D eigenvalue weighted by atomic mass is 10.0.